The highest BCUT2D eigenvalue weighted by molar-refractivity contribution is 5.91. The van der Waals surface area contributed by atoms with Crippen molar-refractivity contribution >= 4 is 5.91 Å². The number of oxazole rings is 1. The van der Waals surface area contributed by atoms with Gasteiger partial charge in [0.1, 0.15) is 0 Å². The summed E-state index contributed by atoms with van der Waals surface area (Å²) in [6.07, 6.45) is 7.53. The van der Waals surface area contributed by atoms with E-state index in [1.807, 2.05) is 0 Å². The maximum Gasteiger partial charge on any atom is 0.291 e. The van der Waals surface area contributed by atoms with Crippen LogP contribution in [0.5, 0.6) is 0 Å². The number of aromatic nitrogens is 3. The number of nitrogens with zero attached hydrogens (tertiary/aromatic N) is 4. The summed E-state index contributed by atoms with van der Waals surface area (Å²) in [6.45, 7) is 1.81. The van der Waals surface area contributed by atoms with E-state index in [4.69, 9.17) is 13.7 Å². The van der Waals surface area contributed by atoms with Crippen LogP contribution in [0, 0.1) is 0 Å². The monoisotopic (exact) mass is 332 g/mol. The van der Waals surface area contributed by atoms with Gasteiger partial charge in [-0.3, -0.25) is 4.79 Å². The minimum atomic E-state index is -0.131. The van der Waals surface area contributed by atoms with Crippen molar-refractivity contribution in [1.82, 2.24) is 20.0 Å². The van der Waals surface area contributed by atoms with E-state index in [0.29, 0.717) is 31.3 Å². The highest BCUT2D eigenvalue weighted by Gasteiger charge is 2.30. The molecule has 0 bridgehead atoms. The molecule has 2 aromatic heterocycles. The molecule has 1 atom stereocenters. The lowest BCUT2D eigenvalue weighted by atomic mass is 10.1. The molecule has 2 aliphatic rings. The van der Waals surface area contributed by atoms with Gasteiger partial charge in [-0.2, -0.15) is 4.98 Å². The average molecular weight is 332 g/mol. The van der Waals surface area contributed by atoms with Crippen molar-refractivity contribution in [2.24, 2.45) is 0 Å². The fourth-order valence-corrected chi connectivity index (χ4v) is 2.92. The fourth-order valence-electron chi connectivity index (χ4n) is 2.92. The van der Waals surface area contributed by atoms with E-state index < -0.39 is 0 Å². The topological polar surface area (TPSA) is 94.5 Å². The van der Waals surface area contributed by atoms with Crippen LogP contribution in [0.1, 0.15) is 53.9 Å². The zero-order valence-electron chi connectivity index (χ0n) is 13.4. The van der Waals surface area contributed by atoms with Crippen LogP contribution in [0.3, 0.4) is 0 Å². The number of carbonyl (C=O) groups excluding carboxylic acids is 1. The average Bonchev–Trinajstić information content (AvgIpc) is 3.12. The zero-order valence-corrected chi connectivity index (χ0v) is 13.4. The number of hydrogen-bond acceptors (Lipinski definition) is 7. The maximum absolute atomic E-state index is 12.3. The van der Waals surface area contributed by atoms with Crippen molar-refractivity contribution in [2.45, 2.75) is 44.1 Å². The number of piperidine rings is 1. The first-order valence-corrected chi connectivity index (χ1v) is 8.41. The minimum Gasteiger partial charge on any atom is -0.438 e. The molecule has 1 aliphatic heterocycles. The Labute approximate surface area is 139 Å². The molecule has 0 spiro atoms. The first kappa shape index (κ1) is 15.3. The lowest BCUT2D eigenvalue weighted by Crippen LogP contribution is -2.43. The molecule has 4 rings (SSSR count). The van der Waals surface area contributed by atoms with Gasteiger partial charge in [0.2, 0.25) is 11.7 Å². The normalized spacial score (nSPS) is 21.2. The Morgan fingerprint density at radius 2 is 2.29 bits per heavy atom. The highest BCUT2D eigenvalue weighted by atomic mass is 16.5. The molecule has 0 N–H and O–H groups in total. The van der Waals surface area contributed by atoms with Crippen LogP contribution < -0.4 is 0 Å². The Morgan fingerprint density at radius 3 is 3.08 bits per heavy atom. The zero-order chi connectivity index (χ0) is 16.4. The molecule has 128 valence electrons. The molecule has 8 nitrogen and oxygen atoms in total. The Morgan fingerprint density at radius 1 is 1.38 bits per heavy atom. The molecule has 3 heterocycles. The summed E-state index contributed by atoms with van der Waals surface area (Å²) in [6, 6.07) is 0. The van der Waals surface area contributed by atoms with E-state index in [1.54, 1.807) is 4.90 Å². The molecule has 2 aromatic rings. The first-order valence-electron chi connectivity index (χ1n) is 8.41. The molecular formula is C16H20N4O4. The summed E-state index contributed by atoms with van der Waals surface area (Å²) in [4.78, 5) is 22.2. The van der Waals surface area contributed by atoms with Crippen molar-refractivity contribution in [3.63, 3.8) is 0 Å². The summed E-state index contributed by atoms with van der Waals surface area (Å²) in [5.41, 5.74) is 0. The van der Waals surface area contributed by atoms with E-state index in [0.717, 1.165) is 38.1 Å². The lowest BCUT2D eigenvalue weighted by molar-refractivity contribution is 0.00155. The van der Waals surface area contributed by atoms with Crippen LogP contribution in [0.4, 0.5) is 0 Å². The molecule has 1 saturated heterocycles. The summed E-state index contributed by atoms with van der Waals surface area (Å²) in [7, 11) is 0. The second-order valence-electron chi connectivity index (χ2n) is 6.32. The molecule has 0 aromatic carbocycles. The third-order valence-corrected chi connectivity index (χ3v) is 4.40. The molecule has 1 unspecified atom stereocenters. The molecular weight excluding hydrogens is 312 g/mol. The van der Waals surface area contributed by atoms with Gasteiger partial charge in [-0.15, -0.1) is 0 Å². The highest BCUT2D eigenvalue weighted by Crippen LogP contribution is 2.38. The van der Waals surface area contributed by atoms with Crippen LogP contribution >= 0.6 is 0 Å². The van der Waals surface area contributed by atoms with E-state index in [9.17, 15) is 4.79 Å². The number of amides is 1. The van der Waals surface area contributed by atoms with Gasteiger partial charge < -0.3 is 18.6 Å². The quantitative estimate of drug-likeness (QED) is 0.796. The van der Waals surface area contributed by atoms with Gasteiger partial charge in [0, 0.05) is 25.4 Å². The van der Waals surface area contributed by atoms with E-state index in [2.05, 4.69) is 15.1 Å². The largest absolute Gasteiger partial charge is 0.438 e. The molecule has 8 heteroatoms. The van der Waals surface area contributed by atoms with Gasteiger partial charge in [0.05, 0.1) is 18.9 Å². The number of ether oxygens (including phenoxy) is 1. The van der Waals surface area contributed by atoms with Gasteiger partial charge in [-0.1, -0.05) is 5.16 Å². The Hall–Kier alpha value is -2.22. The van der Waals surface area contributed by atoms with Crippen LogP contribution in [0.15, 0.2) is 21.5 Å². The van der Waals surface area contributed by atoms with E-state index in [-0.39, 0.29) is 17.8 Å². The Balaban J connectivity index is 1.24. The first-order chi connectivity index (χ1) is 11.8. The van der Waals surface area contributed by atoms with Gasteiger partial charge in [0.25, 0.3) is 5.91 Å². The molecule has 2 fully saturated rings. The summed E-state index contributed by atoms with van der Waals surface area (Å²) in [5, 5.41) is 3.99. The minimum absolute atomic E-state index is 0.0282. The third-order valence-electron chi connectivity index (χ3n) is 4.40. The standard InChI is InChI=1S/C16H20N4O4/c21-16(13-8-17-10-23-13)20-6-1-2-12(9-20)22-7-5-14-18-15(24-19-14)11-3-4-11/h8,10-12H,1-7,9H2. The SMILES string of the molecule is O=C(c1cnco1)N1CCCC(OCCc2noc(C3CC3)n2)C1. The van der Waals surface area contributed by atoms with Crippen molar-refractivity contribution in [1.29, 1.82) is 0 Å². The Kier molecular flexibility index (Phi) is 4.29. The van der Waals surface area contributed by atoms with Crippen LogP contribution in [-0.4, -0.2) is 51.7 Å². The molecule has 1 saturated carbocycles. The van der Waals surface area contributed by atoms with Gasteiger partial charge in [0.15, 0.2) is 12.2 Å². The maximum atomic E-state index is 12.3. The molecule has 24 heavy (non-hydrogen) atoms. The lowest BCUT2D eigenvalue weighted by Gasteiger charge is -2.32. The van der Waals surface area contributed by atoms with Crippen LogP contribution in [0.2, 0.25) is 0 Å². The fraction of sp³-hybridized carbons (Fsp3) is 0.625. The second-order valence-corrected chi connectivity index (χ2v) is 6.32. The van der Waals surface area contributed by atoms with E-state index in [1.165, 1.54) is 12.6 Å². The summed E-state index contributed by atoms with van der Waals surface area (Å²) >= 11 is 0. The van der Waals surface area contributed by atoms with Crippen molar-refractivity contribution in [2.75, 3.05) is 19.7 Å². The molecule has 1 amide bonds. The van der Waals surface area contributed by atoms with Crippen molar-refractivity contribution < 1.29 is 18.5 Å². The van der Waals surface area contributed by atoms with Crippen LogP contribution in [0.25, 0.3) is 0 Å². The van der Waals surface area contributed by atoms with Gasteiger partial charge >= 0.3 is 0 Å². The Bertz CT molecular complexity index is 680. The second kappa shape index (κ2) is 6.72. The number of hydrogen-bond donors (Lipinski definition) is 0. The van der Waals surface area contributed by atoms with E-state index >= 15 is 0 Å². The molecule has 0 radical (unpaired) electrons. The number of likely N-dealkylation sites (tertiary alicyclic amines) is 1. The van der Waals surface area contributed by atoms with Crippen LogP contribution in [-0.2, 0) is 11.2 Å². The smallest absolute Gasteiger partial charge is 0.291 e. The number of carbonyl (C=O) groups is 1. The molecule has 1 aliphatic carbocycles. The predicted octanol–water partition coefficient (Wildman–Crippen LogP) is 1.80. The third kappa shape index (κ3) is 3.48. The van der Waals surface area contributed by atoms with Gasteiger partial charge in [-0.25, -0.2) is 4.98 Å². The summed E-state index contributed by atoms with van der Waals surface area (Å²) in [5.74, 6) is 2.07. The van der Waals surface area contributed by atoms with Gasteiger partial charge in [-0.05, 0) is 25.7 Å². The van der Waals surface area contributed by atoms with Crippen molar-refractivity contribution in [3.05, 3.63) is 30.1 Å². The van der Waals surface area contributed by atoms with Crippen molar-refractivity contribution in [3.8, 4) is 0 Å². The summed E-state index contributed by atoms with van der Waals surface area (Å²) < 4.78 is 16.2. The number of rotatable bonds is 6. The predicted molar refractivity (Wildman–Crippen MR) is 81.4 cm³/mol.